The van der Waals surface area contributed by atoms with Crippen molar-refractivity contribution in [3.63, 3.8) is 0 Å². The summed E-state index contributed by atoms with van der Waals surface area (Å²) in [6.07, 6.45) is 7.60. The van der Waals surface area contributed by atoms with Crippen molar-refractivity contribution in [3.8, 4) is 5.88 Å². The first kappa shape index (κ1) is 30.0. The lowest BCUT2D eigenvalue weighted by Crippen LogP contribution is -2.51. The van der Waals surface area contributed by atoms with Gasteiger partial charge in [0.1, 0.15) is 4.88 Å². The number of nitrogens with zero attached hydrogens (tertiary/aromatic N) is 3. The Bertz CT molecular complexity index is 1180. The third kappa shape index (κ3) is 7.20. The van der Waals surface area contributed by atoms with Crippen molar-refractivity contribution in [2.24, 2.45) is 11.8 Å². The van der Waals surface area contributed by atoms with Gasteiger partial charge in [0.15, 0.2) is 0 Å². The van der Waals surface area contributed by atoms with Crippen molar-refractivity contribution in [2.45, 2.75) is 96.6 Å². The molecule has 0 spiro atoms. The Hall–Kier alpha value is -2.98. The molecule has 2 saturated carbocycles. The Morgan fingerprint density at radius 1 is 1.05 bits per heavy atom. The van der Waals surface area contributed by atoms with Crippen LogP contribution < -0.4 is 15.1 Å². The van der Waals surface area contributed by atoms with Crippen LogP contribution in [0.4, 0.5) is 10.5 Å². The van der Waals surface area contributed by atoms with Crippen molar-refractivity contribution in [3.05, 3.63) is 40.2 Å². The van der Waals surface area contributed by atoms with Crippen LogP contribution >= 0.6 is 11.3 Å². The van der Waals surface area contributed by atoms with Gasteiger partial charge in [-0.2, -0.15) is 0 Å². The second-order valence-corrected chi connectivity index (χ2v) is 13.3. The summed E-state index contributed by atoms with van der Waals surface area (Å²) in [5.41, 5.74) is 3.54. The molecular formula is C30H42N4O5S. The third-order valence-electron chi connectivity index (χ3n) is 8.05. The van der Waals surface area contributed by atoms with Crippen molar-refractivity contribution in [1.29, 1.82) is 0 Å². The Labute approximate surface area is 240 Å². The zero-order valence-electron chi connectivity index (χ0n) is 24.2. The highest BCUT2D eigenvalue weighted by Gasteiger charge is 2.38. The van der Waals surface area contributed by atoms with Gasteiger partial charge < -0.3 is 14.7 Å². The average molecular weight is 571 g/mol. The van der Waals surface area contributed by atoms with Gasteiger partial charge in [0, 0.05) is 42.2 Å². The average Bonchev–Trinajstić information content (AvgIpc) is 3.37. The number of thiophene rings is 1. The Balaban J connectivity index is 1.50. The van der Waals surface area contributed by atoms with E-state index < -0.39 is 12.1 Å². The van der Waals surface area contributed by atoms with Crippen molar-refractivity contribution in [1.82, 2.24) is 15.4 Å². The van der Waals surface area contributed by atoms with E-state index in [4.69, 9.17) is 4.74 Å². The van der Waals surface area contributed by atoms with Crippen LogP contribution in [0.3, 0.4) is 0 Å². The zero-order valence-corrected chi connectivity index (χ0v) is 25.0. The number of ether oxygens (including phenoxy) is 1. The molecule has 0 unspecified atom stereocenters. The van der Waals surface area contributed by atoms with Gasteiger partial charge in [0.25, 0.3) is 0 Å². The summed E-state index contributed by atoms with van der Waals surface area (Å²) in [5.74, 6) is -0.174. The van der Waals surface area contributed by atoms with Gasteiger partial charge in [0.2, 0.25) is 11.8 Å². The predicted molar refractivity (Wildman–Crippen MR) is 156 cm³/mol. The molecule has 2 N–H and O–H groups in total. The first-order valence-corrected chi connectivity index (χ1v) is 15.1. The number of pyridine rings is 1. The second kappa shape index (κ2) is 12.7. The molecule has 9 nitrogen and oxygen atoms in total. The van der Waals surface area contributed by atoms with E-state index in [0.29, 0.717) is 24.4 Å². The number of hydrazine groups is 1. The maximum Gasteiger partial charge on any atom is 0.430 e. The number of aromatic carboxylic acids is 1. The quantitative estimate of drug-likeness (QED) is 0.379. The standard InChI is InChI=1S/C30H42N4O5S/c1-19-9-11-20(12-10-19)27(35)34(23-18-24(30(2,3)4)40-26(23)28(36)37)22-15-13-21(14-16-22)32-33(5)29(38)39-25-8-6-7-17-31-25/h6-8,17-22,32H,9-16H2,1-5H3,(H,36,37). The summed E-state index contributed by atoms with van der Waals surface area (Å²) >= 11 is 1.28. The van der Waals surface area contributed by atoms with Crippen LogP contribution in [0.1, 0.15) is 93.6 Å². The molecule has 2 aromatic heterocycles. The maximum atomic E-state index is 14.1. The molecule has 0 aliphatic heterocycles. The van der Waals surface area contributed by atoms with Crippen LogP contribution in [0.25, 0.3) is 0 Å². The number of anilines is 1. The number of carboxylic acids is 1. The first-order chi connectivity index (χ1) is 18.9. The predicted octanol–water partition coefficient (Wildman–Crippen LogP) is 6.24. The lowest BCUT2D eigenvalue weighted by atomic mass is 9.81. The number of hydrogen-bond acceptors (Lipinski definition) is 7. The summed E-state index contributed by atoms with van der Waals surface area (Å²) in [7, 11) is 1.62. The lowest BCUT2D eigenvalue weighted by Gasteiger charge is -2.40. The Kier molecular flexibility index (Phi) is 9.51. The summed E-state index contributed by atoms with van der Waals surface area (Å²) in [4.78, 5) is 46.0. The molecule has 4 rings (SSSR count). The fraction of sp³-hybridized carbons (Fsp3) is 0.600. The Morgan fingerprint density at radius 3 is 2.30 bits per heavy atom. The van der Waals surface area contributed by atoms with E-state index in [1.165, 1.54) is 16.3 Å². The molecule has 2 heterocycles. The highest BCUT2D eigenvalue weighted by Crippen LogP contribution is 2.41. The fourth-order valence-corrected chi connectivity index (χ4v) is 6.68. The summed E-state index contributed by atoms with van der Waals surface area (Å²) in [6.45, 7) is 8.42. The van der Waals surface area contributed by atoms with Gasteiger partial charge in [-0.3, -0.25) is 4.79 Å². The molecule has 2 aliphatic rings. The smallest absolute Gasteiger partial charge is 0.430 e. The van der Waals surface area contributed by atoms with Gasteiger partial charge in [0.05, 0.1) is 5.69 Å². The summed E-state index contributed by atoms with van der Waals surface area (Å²) in [6, 6.07) is 6.98. The molecule has 0 atom stereocenters. The molecule has 10 heteroatoms. The first-order valence-electron chi connectivity index (χ1n) is 14.3. The highest BCUT2D eigenvalue weighted by atomic mass is 32.1. The van der Waals surface area contributed by atoms with Crippen LogP contribution in [0.5, 0.6) is 5.88 Å². The van der Waals surface area contributed by atoms with Crippen molar-refractivity contribution >= 4 is 35.0 Å². The SMILES string of the molecule is CC1CCC(C(=O)N(c2cc(C(C)(C)C)sc2C(=O)O)C2CCC(NN(C)C(=O)Oc3ccccn3)CC2)CC1. The molecule has 0 bridgehead atoms. The number of carboxylic acid groups (broad SMARTS) is 1. The van der Waals surface area contributed by atoms with Gasteiger partial charge in [-0.05, 0) is 74.8 Å². The third-order valence-corrected chi connectivity index (χ3v) is 9.59. The molecule has 218 valence electrons. The number of carbonyl (C=O) groups excluding carboxylic acids is 2. The van der Waals surface area contributed by atoms with E-state index >= 15 is 0 Å². The minimum absolute atomic E-state index is 0.0246. The minimum atomic E-state index is -0.992. The van der Waals surface area contributed by atoms with E-state index in [1.54, 1.807) is 31.4 Å². The van der Waals surface area contributed by atoms with Gasteiger partial charge in [-0.15, -0.1) is 11.3 Å². The highest BCUT2D eigenvalue weighted by molar-refractivity contribution is 7.14. The van der Waals surface area contributed by atoms with Crippen LogP contribution in [0, 0.1) is 11.8 Å². The van der Waals surface area contributed by atoms with E-state index in [0.717, 1.165) is 43.4 Å². The van der Waals surface area contributed by atoms with Crippen LogP contribution in [0.15, 0.2) is 30.5 Å². The Morgan fingerprint density at radius 2 is 1.73 bits per heavy atom. The largest absolute Gasteiger partial charge is 0.477 e. The number of hydrogen-bond donors (Lipinski definition) is 2. The lowest BCUT2D eigenvalue weighted by molar-refractivity contribution is -0.124. The molecule has 2 fully saturated rings. The topological polar surface area (TPSA) is 112 Å². The summed E-state index contributed by atoms with van der Waals surface area (Å²) in [5, 5.41) is 11.5. The van der Waals surface area contributed by atoms with E-state index in [2.05, 4.69) is 38.1 Å². The number of nitrogens with one attached hydrogen (secondary N) is 1. The number of carbonyl (C=O) groups is 3. The molecule has 0 radical (unpaired) electrons. The van der Waals surface area contributed by atoms with Crippen LogP contribution in [0.2, 0.25) is 0 Å². The van der Waals surface area contributed by atoms with Gasteiger partial charge in [-0.1, -0.05) is 33.8 Å². The van der Waals surface area contributed by atoms with Crippen LogP contribution in [-0.4, -0.2) is 52.2 Å². The molecule has 2 aromatic rings. The number of rotatable bonds is 7. The van der Waals surface area contributed by atoms with Crippen molar-refractivity contribution < 1.29 is 24.2 Å². The van der Waals surface area contributed by atoms with Crippen molar-refractivity contribution in [2.75, 3.05) is 11.9 Å². The molecule has 0 aromatic carbocycles. The molecular weight excluding hydrogens is 528 g/mol. The molecule has 2 amide bonds. The summed E-state index contributed by atoms with van der Waals surface area (Å²) < 4.78 is 5.31. The molecule has 40 heavy (non-hydrogen) atoms. The second-order valence-electron chi connectivity index (χ2n) is 12.3. The molecule has 2 aliphatic carbocycles. The monoisotopic (exact) mass is 570 g/mol. The maximum absolute atomic E-state index is 14.1. The minimum Gasteiger partial charge on any atom is -0.477 e. The normalized spacial score (nSPS) is 23.3. The van der Waals surface area contributed by atoms with E-state index in [1.807, 2.05) is 11.0 Å². The van der Waals surface area contributed by atoms with Gasteiger partial charge in [-0.25, -0.2) is 25.0 Å². The van der Waals surface area contributed by atoms with E-state index in [9.17, 15) is 19.5 Å². The number of aromatic nitrogens is 1. The van der Waals surface area contributed by atoms with Crippen LogP contribution in [-0.2, 0) is 10.2 Å². The fourth-order valence-electron chi connectivity index (χ4n) is 5.64. The zero-order chi connectivity index (χ0) is 29.0. The number of amides is 2. The molecule has 0 saturated heterocycles. The van der Waals surface area contributed by atoms with E-state index in [-0.39, 0.29) is 40.1 Å². The van der Waals surface area contributed by atoms with Gasteiger partial charge >= 0.3 is 12.1 Å².